The van der Waals surface area contributed by atoms with Gasteiger partial charge in [-0.1, -0.05) is 47.5 Å². The van der Waals surface area contributed by atoms with E-state index in [1.807, 2.05) is 44.3 Å². The van der Waals surface area contributed by atoms with E-state index in [0.29, 0.717) is 35.0 Å². The van der Waals surface area contributed by atoms with Crippen molar-refractivity contribution in [3.63, 3.8) is 0 Å². The summed E-state index contributed by atoms with van der Waals surface area (Å²) in [5.74, 6) is -0.938. The summed E-state index contributed by atoms with van der Waals surface area (Å²) in [6.45, 7) is 4.29. The average Bonchev–Trinajstić information content (AvgIpc) is 3.54. The second-order valence-electron chi connectivity index (χ2n) is 10.4. The Hall–Kier alpha value is -4.67. The number of hydrogen-bond donors (Lipinski definition) is 3. The zero-order valence-electron chi connectivity index (χ0n) is 23.9. The summed E-state index contributed by atoms with van der Waals surface area (Å²) < 4.78 is 28.4. The largest absolute Gasteiger partial charge is 0.361 e. The highest BCUT2D eigenvalue weighted by Gasteiger charge is 2.22. The first-order valence-corrected chi connectivity index (χ1v) is 14.9. The topological polar surface area (TPSA) is 116 Å². The Balaban J connectivity index is 1.47. The van der Waals surface area contributed by atoms with Crippen LogP contribution in [0.25, 0.3) is 27.9 Å². The maximum Gasteiger partial charge on any atom is 0.307 e. The fraction of sp³-hybridized carbons (Fsp3) is 0.188. The summed E-state index contributed by atoms with van der Waals surface area (Å²) in [4.78, 5) is 30.0. The van der Waals surface area contributed by atoms with Crippen molar-refractivity contribution in [1.82, 2.24) is 23.9 Å². The number of para-hydroxylation sites is 1. The van der Waals surface area contributed by atoms with Crippen LogP contribution in [0.15, 0.2) is 84.8 Å². The molecule has 0 aliphatic heterocycles. The maximum absolute atomic E-state index is 13.5. The lowest BCUT2D eigenvalue weighted by Crippen LogP contribution is -2.35. The van der Waals surface area contributed by atoms with E-state index in [1.54, 1.807) is 36.4 Å². The predicted octanol–water partition coefficient (Wildman–Crippen LogP) is 4.52. The molecule has 42 heavy (non-hydrogen) atoms. The maximum atomic E-state index is 13.5. The molecule has 0 bridgehead atoms. The molecule has 2 amide bonds. The van der Waals surface area contributed by atoms with Crippen LogP contribution in [0.1, 0.15) is 32.6 Å². The normalized spacial score (nSPS) is 12.3. The molecule has 0 radical (unpaired) electrons. The number of carbonyl (C=O) groups is 2. The molecule has 9 nitrogen and oxygen atoms in total. The Morgan fingerprint density at radius 3 is 2.40 bits per heavy atom. The number of H-pyrrole nitrogens is 1. The van der Waals surface area contributed by atoms with Crippen molar-refractivity contribution in [2.45, 2.75) is 20.3 Å². The molecule has 0 unspecified atom stereocenters. The second kappa shape index (κ2) is 11.7. The third kappa shape index (κ3) is 5.86. The number of hydrogen-bond acceptors (Lipinski definition) is 4. The number of aromatic nitrogens is 2. The standard InChI is InChI=1S/C32H33N5O4S/c1-21-9-12-23(13-10-21)31(38)35-29(32(39)33-16-15-24-19-34-28-14-11-22(2)17-27(24)28)18-25-20-37(42(40,41)36(3)4)30-8-6-5-7-26(25)30/h5-14,17-20,34H,15-16H2,1-4H3,(H,33,39)(H,35,38)/b29-18-. The number of nitrogens with zero attached hydrogens (tertiary/aromatic N) is 2. The molecule has 2 aromatic heterocycles. The molecule has 3 N–H and O–H groups in total. The highest BCUT2D eigenvalue weighted by atomic mass is 32.2. The van der Waals surface area contributed by atoms with Crippen molar-refractivity contribution in [3.8, 4) is 0 Å². The number of aryl methyl sites for hydroxylation is 2. The number of aromatic amines is 1. The van der Waals surface area contributed by atoms with Gasteiger partial charge in [-0.3, -0.25) is 9.59 Å². The quantitative estimate of drug-likeness (QED) is 0.221. The monoisotopic (exact) mass is 583 g/mol. The van der Waals surface area contributed by atoms with Crippen LogP contribution in [0, 0.1) is 13.8 Å². The van der Waals surface area contributed by atoms with E-state index in [0.717, 1.165) is 31.9 Å². The van der Waals surface area contributed by atoms with Gasteiger partial charge >= 0.3 is 10.2 Å². The molecule has 0 aliphatic carbocycles. The minimum Gasteiger partial charge on any atom is -0.361 e. The summed E-state index contributed by atoms with van der Waals surface area (Å²) >= 11 is 0. The molecule has 2 heterocycles. The van der Waals surface area contributed by atoms with Gasteiger partial charge in [0, 0.05) is 60.4 Å². The van der Waals surface area contributed by atoms with Crippen molar-refractivity contribution >= 4 is 49.9 Å². The number of fused-ring (bicyclic) bond motifs is 2. The number of nitrogens with one attached hydrogen (secondary N) is 3. The Labute approximate surface area is 245 Å². The van der Waals surface area contributed by atoms with Crippen molar-refractivity contribution in [1.29, 1.82) is 0 Å². The molecule has 0 aliphatic rings. The Morgan fingerprint density at radius 2 is 1.67 bits per heavy atom. The minimum absolute atomic E-state index is 0.000463. The number of benzene rings is 3. The van der Waals surface area contributed by atoms with E-state index in [1.165, 1.54) is 30.3 Å². The molecular weight excluding hydrogens is 550 g/mol. The summed E-state index contributed by atoms with van der Waals surface area (Å²) in [5.41, 5.74) is 5.56. The van der Waals surface area contributed by atoms with Gasteiger partial charge < -0.3 is 15.6 Å². The van der Waals surface area contributed by atoms with E-state index in [-0.39, 0.29) is 5.70 Å². The lowest BCUT2D eigenvalue weighted by molar-refractivity contribution is -0.117. The van der Waals surface area contributed by atoms with Crippen LogP contribution in [-0.2, 0) is 21.4 Å². The molecule has 0 atom stereocenters. The van der Waals surface area contributed by atoms with Gasteiger partial charge in [0.15, 0.2) is 0 Å². The van der Waals surface area contributed by atoms with Gasteiger partial charge in [0.2, 0.25) is 0 Å². The van der Waals surface area contributed by atoms with Gasteiger partial charge in [0.05, 0.1) is 5.52 Å². The summed E-state index contributed by atoms with van der Waals surface area (Å²) in [5, 5.41) is 7.39. The lowest BCUT2D eigenvalue weighted by Gasteiger charge is -2.13. The zero-order valence-corrected chi connectivity index (χ0v) is 24.7. The van der Waals surface area contributed by atoms with Crippen LogP contribution in [0.5, 0.6) is 0 Å². The van der Waals surface area contributed by atoms with Gasteiger partial charge in [0.1, 0.15) is 5.70 Å². The van der Waals surface area contributed by atoms with Crippen molar-refractivity contribution in [2.75, 3.05) is 20.6 Å². The highest BCUT2D eigenvalue weighted by Crippen LogP contribution is 2.26. The van der Waals surface area contributed by atoms with Crippen molar-refractivity contribution < 1.29 is 18.0 Å². The molecular formula is C32H33N5O4S. The third-order valence-corrected chi connectivity index (χ3v) is 8.85. The lowest BCUT2D eigenvalue weighted by atomic mass is 10.1. The van der Waals surface area contributed by atoms with Gasteiger partial charge in [-0.05, 0) is 62.2 Å². The van der Waals surface area contributed by atoms with Gasteiger partial charge in [-0.25, -0.2) is 3.97 Å². The van der Waals surface area contributed by atoms with E-state index in [2.05, 4.69) is 21.7 Å². The van der Waals surface area contributed by atoms with Gasteiger partial charge in [-0.15, -0.1) is 0 Å². The highest BCUT2D eigenvalue weighted by molar-refractivity contribution is 7.87. The van der Waals surface area contributed by atoms with E-state index in [4.69, 9.17) is 0 Å². The summed E-state index contributed by atoms with van der Waals surface area (Å²) in [7, 11) is -0.932. The Kier molecular flexibility index (Phi) is 8.02. The van der Waals surface area contributed by atoms with E-state index < -0.39 is 22.0 Å². The SMILES string of the molecule is Cc1ccc(C(=O)N/C(=C\c2cn(S(=O)(=O)N(C)C)c3ccccc23)C(=O)NCCc2c[nH]c3ccc(C)cc23)cc1. The molecule has 0 saturated carbocycles. The molecule has 5 rings (SSSR count). The van der Waals surface area contributed by atoms with Crippen LogP contribution in [0.2, 0.25) is 0 Å². The van der Waals surface area contributed by atoms with Crippen LogP contribution in [-0.4, -0.2) is 54.1 Å². The number of rotatable bonds is 9. The third-order valence-electron chi connectivity index (χ3n) is 7.13. The molecule has 10 heteroatoms. The first-order chi connectivity index (χ1) is 20.0. The zero-order chi connectivity index (χ0) is 30.0. The molecule has 5 aromatic rings. The van der Waals surface area contributed by atoms with Crippen molar-refractivity contribution in [2.24, 2.45) is 0 Å². The van der Waals surface area contributed by atoms with Crippen LogP contribution in [0.4, 0.5) is 0 Å². The predicted molar refractivity (Wildman–Crippen MR) is 166 cm³/mol. The fourth-order valence-corrected chi connectivity index (χ4v) is 5.78. The molecule has 216 valence electrons. The van der Waals surface area contributed by atoms with E-state index >= 15 is 0 Å². The van der Waals surface area contributed by atoms with E-state index in [9.17, 15) is 18.0 Å². The van der Waals surface area contributed by atoms with Crippen LogP contribution >= 0.6 is 0 Å². The molecule has 3 aromatic carbocycles. The first-order valence-electron chi connectivity index (χ1n) is 13.5. The van der Waals surface area contributed by atoms with Crippen LogP contribution < -0.4 is 10.6 Å². The average molecular weight is 584 g/mol. The van der Waals surface area contributed by atoms with Gasteiger partial charge in [-0.2, -0.15) is 12.7 Å². The minimum atomic E-state index is -3.84. The fourth-order valence-electron chi connectivity index (χ4n) is 4.78. The Bertz CT molecular complexity index is 1930. The first kappa shape index (κ1) is 28.8. The van der Waals surface area contributed by atoms with Crippen LogP contribution in [0.3, 0.4) is 0 Å². The molecule has 0 spiro atoms. The second-order valence-corrected chi connectivity index (χ2v) is 12.5. The molecule has 0 fully saturated rings. The Morgan fingerprint density at radius 1 is 0.952 bits per heavy atom. The number of amides is 2. The summed E-state index contributed by atoms with van der Waals surface area (Å²) in [6, 6.07) is 20.2. The number of carbonyl (C=O) groups excluding carboxylic acids is 2. The van der Waals surface area contributed by atoms with Crippen molar-refractivity contribution in [3.05, 3.63) is 113 Å². The molecule has 0 saturated heterocycles. The smallest absolute Gasteiger partial charge is 0.307 e. The summed E-state index contributed by atoms with van der Waals surface area (Å²) in [6.07, 6.45) is 5.49. The van der Waals surface area contributed by atoms with Gasteiger partial charge in [0.25, 0.3) is 11.8 Å².